The van der Waals surface area contributed by atoms with Gasteiger partial charge in [0.1, 0.15) is 5.82 Å². The van der Waals surface area contributed by atoms with Crippen LogP contribution in [-0.4, -0.2) is 70.4 Å². The highest BCUT2D eigenvalue weighted by molar-refractivity contribution is 5.67. The minimum absolute atomic E-state index is 0.266. The molecule has 0 aliphatic carbocycles. The molecule has 0 bridgehead atoms. The lowest BCUT2D eigenvalue weighted by Gasteiger charge is -2.26. The first kappa shape index (κ1) is 23.2. The summed E-state index contributed by atoms with van der Waals surface area (Å²) in [6.45, 7) is 14.5. The van der Waals surface area contributed by atoms with Gasteiger partial charge in [0.05, 0.1) is 37.0 Å². The van der Waals surface area contributed by atoms with E-state index in [1.807, 2.05) is 12.3 Å². The maximum Gasteiger partial charge on any atom is 0.288 e. The van der Waals surface area contributed by atoms with Crippen molar-refractivity contribution in [2.45, 2.75) is 19.4 Å². The van der Waals surface area contributed by atoms with Gasteiger partial charge in [0.2, 0.25) is 0 Å². The summed E-state index contributed by atoms with van der Waals surface area (Å²) in [4.78, 5) is 18.7. The first-order chi connectivity index (χ1) is 17.3. The Kier molecular flexibility index (Phi) is 7.48. The predicted molar refractivity (Wildman–Crippen MR) is 135 cm³/mol. The Morgan fingerprint density at radius 3 is 2.80 bits per heavy atom. The Morgan fingerprint density at radius 1 is 1.14 bits per heavy atom. The highest BCUT2D eigenvalue weighted by Crippen LogP contribution is 2.26. The van der Waals surface area contributed by atoms with E-state index >= 15 is 0 Å². The standard InChI is InChI=1S/C25H31N9O/c1-26-24-15-31-25(16-30-24)32-23-11-21(28-13-19-3-2-5-27-12-19)22(14-29-23)34-6-4-20(18-34)17-33-7-9-35-10-8-33/h4,6,11,14-16,18-19,27H,2-3,5,7-10,12-13,17H2,(H2,28,29,31,32). The summed E-state index contributed by atoms with van der Waals surface area (Å²) in [6.07, 6.45) is 11.6. The minimum Gasteiger partial charge on any atom is -0.383 e. The number of hydrogen-bond donors (Lipinski definition) is 3. The second-order valence-electron chi connectivity index (χ2n) is 8.99. The highest BCUT2D eigenvalue weighted by atomic mass is 16.5. The van der Waals surface area contributed by atoms with E-state index in [2.05, 4.69) is 63.7 Å². The SMILES string of the molecule is [C-]#[N+]c1cnc(Nc2cc(NCC3CCCNC3)c(-n3ccc(CN4CCOCC4)c3)cn2)cn1. The molecule has 0 saturated carbocycles. The molecule has 3 aromatic rings. The number of anilines is 3. The van der Waals surface area contributed by atoms with Crippen LogP contribution in [0.5, 0.6) is 0 Å². The Bertz CT molecular complexity index is 1140. The molecule has 3 N–H and O–H groups in total. The molecule has 2 aliphatic rings. The van der Waals surface area contributed by atoms with Gasteiger partial charge in [-0.25, -0.2) is 9.97 Å². The van der Waals surface area contributed by atoms with Crippen LogP contribution >= 0.6 is 0 Å². The molecule has 35 heavy (non-hydrogen) atoms. The molecule has 0 aromatic carbocycles. The molecule has 5 heterocycles. The molecule has 0 radical (unpaired) electrons. The quantitative estimate of drug-likeness (QED) is 0.429. The van der Waals surface area contributed by atoms with Crippen molar-refractivity contribution >= 4 is 23.1 Å². The van der Waals surface area contributed by atoms with Gasteiger partial charge in [-0.15, -0.1) is 4.98 Å². The molecule has 10 nitrogen and oxygen atoms in total. The van der Waals surface area contributed by atoms with Gasteiger partial charge in [0.25, 0.3) is 5.82 Å². The maximum absolute atomic E-state index is 7.04. The fraction of sp³-hybridized carbons (Fsp3) is 0.440. The van der Waals surface area contributed by atoms with E-state index in [0.717, 1.165) is 63.9 Å². The third-order valence-electron chi connectivity index (χ3n) is 6.41. The Balaban J connectivity index is 1.35. The fourth-order valence-electron chi connectivity index (χ4n) is 4.49. The summed E-state index contributed by atoms with van der Waals surface area (Å²) in [5, 5.41) is 10.4. The van der Waals surface area contributed by atoms with E-state index < -0.39 is 0 Å². The molecule has 0 spiro atoms. The largest absolute Gasteiger partial charge is 0.383 e. The molecular formula is C25H31N9O. The van der Waals surface area contributed by atoms with E-state index in [4.69, 9.17) is 11.3 Å². The van der Waals surface area contributed by atoms with Crippen molar-refractivity contribution in [2.75, 3.05) is 56.6 Å². The second kappa shape index (κ2) is 11.3. The van der Waals surface area contributed by atoms with Crippen LogP contribution in [-0.2, 0) is 11.3 Å². The molecule has 10 heteroatoms. The van der Waals surface area contributed by atoms with Crippen LogP contribution in [0.1, 0.15) is 18.4 Å². The van der Waals surface area contributed by atoms with Gasteiger partial charge in [-0.3, -0.25) is 4.90 Å². The van der Waals surface area contributed by atoms with Crippen molar-refractivity contribution < 1.29 is 4.74 Å². The first-order valence-electron chi connectivity index (χ1n) is 12.2. The minimum atomic E-state index is 0.266. The zero-order valence-electron chi connectivity index (χ0n) is 19.8. The van der Waals surface area contributed by atoms with Crippen molar-refractivity contribution in [1.82, 2.24) is 29.7 Å². The van der Waals surface area contributed by atoms with Crippen molar-refractivity contribution in [3.8, 4) is 5.69 Å². The van der Waals surface area contributed by atoms with Crippen LogP contribution in [0.4, 0.5) is 23.1 Å². The lowest BCUT2D eigenvalue weighted by atomic mass is 10.00. The van der Waals surface area contributed by atoms with Crippen LogP contribution in [0.3, 0.4) is 0 Å². The van der Waals surface area contributed by atoms with Gasteiger partial charge in [0, 0.05) is 44.6 Å². The lowest BCUT2D eigenvalue weighted by molar-refractivity contribution is 0.0342. The second-order valence-corrected chi connectivity index (χ2v) is 8.99. The number of rotatable bonds is 8. The number of piperidine rings is 1. The summed E-state index contributed by atoms with van der Waals surface area (Å²) < 4.78 is 7.61. The fourth-order valence-corrected chi connectivity index (χ4v) is 4.49. The van der Waals surface area contributed by atoms with E-state index in [9.17, 15) is 0 Å². The lowest BCUT2D eigenvalue weighted by Crippen LogP contribution is -2.35. The van der Waals surface area contributed by atoms with Gasteiger partial charge in [-0.1, -0.05) is 6.57 Å². The smallest absolute Gasteiger partial charge is 0.288 e. The molecule has 2 aliphatic heterocycles. The summed E-state index contributed by atoms with van der Waals surface area (Å²) in [7, 11) is 0. The van der Waals surface area contributed by atoms with E-state index in [1.165, 1.54) is 24.6 Å². The van der Waals surface area contributed by atoms with Crippen molar-refractivity contribution in [2.24, 2.45) is 5.92 Å². The maximum atomic E-state index is 7.04. The van der Waals surface area contributed by atoms with Gasteiger partial charge < -0.3 is 30.1 Å². The van der Waals surface area contributed by atoms with Crippen LogP contribution in [0.25, 0.3) is 10.5 Å². The third kappa shape index (κ3) is 6.14. The summed E-state index contributed by atoms with van der Waals surface area (Å²) >= 11 is 0. The molecule has 1 unspecified atom stereocenters. The van der Waals surface area contributed by atoms with Crippen LogP contribution < -0.4 is 16.0 Å². The van der Waals surface area contributed by atoms with E-state index in [-0.39, 0.29) is 5.82 Å². The van der Waals surface area contributed by atoms with Crippen LogP contribution in [0.2, 0.25) is 0 Å². The van der Waals surface area contributed by atoms with Gasteiger partial charge in [-0.05, 0) is 43.5 Å². The van der Waals surface area contributed by atoms with Crippen molar-refractivity contribution in [3.63, 3.8) is 0 Å². The zero-order chi connectivity index (χ0) is 23.9. The number of nitrogens with one attached hydrogen (secondary N) is 3. The molecule has 2 saturated heterocycles. The van der Waals surface area contributed by atoms with Gasteiger partial charge in [-0.2, -0.15) is 0 Å². The third-order valence-corrected chi connectivity index (χ3v) is 6.41. The predicted octanol–water partition coefficient (Wildman–Crippen LogP) is 3.20. The van der Waals surface area contributed by atoms with Crippen molar-refractivity contribution in [1.29, 1.82) is 0 Å². The zero-order valence-corrected chi connectivity index (χ0v) is 19.8. The molecule has 3 aromatic heterocycles. The number of ether oxygens (including phenoxy) is 1. The van der Waals surface area contributed by atoms with Crippen LogP contribution in [0.15, 0.2) is 43.1 Å². The Morgan fingerprint density at radius 2 is 2.03 bits per heavy atom. The number of aromatic nitrogens is 4. The highest BCUT2D eigenvalue weighted by Gasteiger charge is 2.16. The molecule has 2 fully saturated rings. The van der Waals surface area contributed by atoms with E-state index in [0.29, 0.717) is 17.6 Å². The summed E-state index contributed by atoms with van der Waals surface area (Å²) in [6, 6.07) is 4.18. The summed E-state index contributed by atoms with van der Waals surface area (Å²) in [5.41, 5.74) is 3.28. The van der Waals surface area contributed by atoms with E-state index in [1.54, 1.807) is 6.20 Å². The van der Waals surface area contributed by atoms with Gasteiger partial charge in [0.15, 0.2) is 12.0 Å². The normalized spacial score (nSPS) is 18.7. The van der Waals surface area contributed by atoms with Crippen molar-refractivity contribution in [3.05, 3.63) is 60.1 Å². The average molecular weight is 474 g/mol. The monoisotopic (exact) mass is 473 g/mol. The number of morpholine rings is 1. The Hall–Kier alpha value is -3.52. The van der Waals surface area contributed by atoms with Gasteiger partial charge >= 0.3 is 0 Å². The number of hydrogen-bond acceptors (Lipinski definition) is 8. The topological polar surface area (TPSA) is 96.5 Å². The average Bonchev–Trinajstić information content (AvgIpc) is 3.37. The number of pyridine rings is 1. The molecular weight excluding hydrogens is 442 g/mol. The molecule has 1 atom stereocenters. The molecule has 0 amide bonds. The summed E-state index contributed by atoms with van der Waals surface area (Å²) in [5.74, 6) is 2.08. The molecule has 5 rings (SSSR count). The first-order valence-corrected chi connectivity index (χ1v) is 12.2. The van der Waals surface area contributed by atoms with Crippen LogP contribution in [0, 0.1) is 12.5 Å². The number of nitrogens with zero attached hydrogens (tertiary/aromatic N) is 6. The molecule has 182 valence electrons. The Labute approximate surface area is 205 Å².